The lowest BCUT2D eigenvalue weighted by Gasteiger charge is -2.11. The van der Waals surface area contributed by atoms with Gasteiger partial charge in [-0.3, -0.25) is 0 Å². The molecule has 3 aliphatic rings. The number of rotatable bonds is 5. The Hall–Kier alpha value is -1.32. The van der Waals surface area contributed by atoms with E-state index in [0.717, 1.165) is 42.5 Å². The number of nitrogens with zero attached hydrogens (tertiary/aromatic N) is 2. The molecule has 3 saturated carbocycles. The van der Waals surface area contributed by atoms with Gasteiger partial charge >= 0.3 is 0 Å². The van der Waals surface area contributed by atoms with Crippen molar-refractivity contribution in [1.82, 2.24) is 9.97 Å². The van der Waals surface area contributed by atoms with Crippen LogP contribution in [-0.2, 0) is 0 Å². The van der Waals surface area contributed by atoms with E-state index in [1.807, 2.05) is 6.07 Å². The number of nitrogens with one attached hydrogen (secondary N) is 1. The van der Waals surface area contributed by atoms with E-state index >= 15 is 0 Å². The van der Waals surface area contributed by atoms with E-state index < -0.39 is 0 Å². The average molecular weight is 259 g/mol. The number of aromatic nitrogens is 2. The molecule has 0 spiro atoms. The Balaban J connectivity index is 1.41. The minimum absolute atomic E-state index is 0.667. The predicted molar refractivity (Wildman–Crippen MR) is 73.0 cm³/mol. The van der Waals surface area contributed by atoms with Crippen LogP contribution in [0.25, 0.3) is 0 Å². The molecule has 0 amide bonds. The van der Waals surface area contributed by atoms with Crippen molar-refractivity contribution in [3.63, 3.8) is 0 Å². The maximum absolute atomic E-state index is 5.56. The normalized spacial score (nSPS) is 38.1. The van der Waals surface area contributed by atoms with E-state index in [4.69, 9.17) is 4.74 Å². The van der Waals surface area contributed by atoms with E-state index in [9.17, 15) is 0 Å². The second kappa shape index (κ2) is 4.36. The summed E-state index contributed by atoms with van der Waals surface area (Å²) in [5, 5.41) is 3.60. The highest BCUT2D eigenvalue weighted by Crippen LogP contribution is 2.66. The Morgan fingerprint density at radius 2 is 2.05 bits per heavy atom. The summed E-state index contributed by atoms with van der Waals surface area (Å²) in [6.45, 7) is 2.82. The Morgan fingerprint density at radius 3 is 2.79 bits per heavy atom. The molecule has 3 aliphatic carbocycles. The zero-order chi connectivity index (χ0) is 12.8. The number of fused-ring (bicyclic) bond motifs is 5. The van der Waals surface area contributed by atoms with Crippen molar-refractivity contribution in [3.8, 4) is 5.88 Å². The van der Waals surface area contributed by atoms with Crippen molar-refractivity contribution in [3.05, 3.63) is 12.4 Å². The van der Waals surface area contributed by atoms with Crippen molar-refractivity contribution >= 4 is 5.82 Å². The van der Waals surface area contributed by atoms with Gasteiger partial charge < -0.3 is 10.1 Å². The van der Waals surface area contributed by atoms with E-state index in [1.165, 1.54) is 19.3 Å². The van der Waals surface area contributed by atoms with Crippen molar-refractivity contribution in [2.75, 3.05) is 11.9 Å². The summed E-state index contributed by atoms with van der Waals surface area (Å²) < 4.78 is 5.56. The van der Waals surface area contributed by atoms with Gasteiger partial charge in [0.2, 0.25) is 5.88 Å². The summed E-state index contributed by atoms with van der Waals surface area (Å²) in [6, 6.07) is 2.60. The molecular weight excluding hydrogens is 238 g/mol. The molecule has 1 aromatic heterocycles. The molecule has 1 heterocycles. The lowest BCUT2D eigenvalue weighted by Crippen LogP contribution is -2.13. The van der Waals surface area contributed by atoms with Gasteiger partial charge in [-0.1, -0.05) is 6.92 Å². The molecule has 4 heteroatoms. The van der Waals surface area contributed by atoms with Crippen LogP contribution >= 0.6 is 0 Å². The highest BCUT2D eigenvalue weighted by atomic mass is 16.5. The smallest absolute Gasteiger partial charge is 0.218 e. The minimum Gasteiger partial charge on any atom is -0.478 e. The van der Waals surface area contributed by atoms with Gasteiger partial charge in [-0.2, -0.15) is 0 Å². The zero-order valence-electron chi connectivity index (χ0n) is 11.4. The lowest BCUT2D eigenvalue weighted by atomic mass is 10.0. The molecule has 102 valence electrons. The molecule has 1 N–H and O–H groups in total. The fraction of sp³-hybridized carbons (Fsp3) is 0.733. The molecule has 4 nitrogen and oxygen atoms in total. The van der Waals surface area contributed by atoms with Crippen LogP contribution in [0.2, 0.25) is 0 Å². The molecule has 3 fully saturated rings. The second-order valence-corrected chi connectivity index (χ2v) is 6.25. The number of hydrogen-bond donors (Lipinski definition) is 1. The summed E-state index contributed by atoms with van der Waals surface area (Å²) in [4.78, 5) is 8.47. The van der Waals surface area contributed by atoms with Gasteiger partial charge in [-0.05, 0) is 49.4 Å². The monoisotopic (exact) mass is 259 g/mol. The SMILES string of the molecule is CCCOc1cc(NC2C3C4CCC(C4)C23)ncn1. The van der Waals surface area contributed by atoms with Gasteiger partial charge in [-0.25, -0.2) is 9.97 Å². The third kappa shape index (κ3) is 1.88. The van der Waals surface area contributed by atoms with Crippen LogP contribution in [0.3, 0.4) is 0 Å². The summed E-state index contributed by atoms with van der Waals surface area (Å²) in [7, 11) is 0. The minimum atomic E-state index is 0.667. The van der Waals surface area contributed by atoms with Gasteiger partial charge in [0.25, 0.3) is 0 Å². The van der Waals surface area contributed by atoms with Crippen molar-refractivity contribution in [2.45, 2.75) is 38.6 Å². The van der Waals surface area contributed by atoms with Gasteiger partial charge in [0.15, 0.2) is 0 Å². The first-order valence-electron chi connectivity index (χ1n) is 7.58. The third-order valence-corrected chi connectivity index (χ3v) is 5.15. The van der Waals surface area contributed by atoms with Crippen LogP contribution in [0.15, 0.2) is 12.4 Å². The Kier molecular flexibility index (Phi) is 2.64. The molecule has 2 bridgehead atoms. The molecule has 4 rings (SSSR count). The van der Waals surface area contributed by atoms with Gasteiger partial charge in [0.1, 0.15) is 12.1 Å². The first-order valence-corrected chi connectivity index (χ1v) is 7.58. The quantitative estimate of drug-likeness (QED) is 0.883. The molecule has 0 aliphatic heterocycles. The topological polar surface area (TPSA) is 47.0 Å². The standard InChI is InChI=1S/C15H21N3O/c1-2-5-19-12-7-11(16-8-17-12)18-15-13-9-3-4-10(6-9)14(13)15/h7-10,13-15H,2-6H2,1H3,(H,16,17,18). The second-order valence-electron chi connectivity index (χ2n) is 6.25. The molecule has 1 aromatic rings. The highest BCUT2D eigenvalue weighted by molar-refractivity contribution is 5.42. The third-order valence-electron chi connectivity index (χ3n) is 5.15. The van der Waals surface area contributed by atoms with Crippen LogP contribution in [0.4, 0.5) is 5.82 Å². The maximum Gasteiger partial charge on any atom is 0.218 e. The first-order chi connectivity index (χ1) is 9.36. The Labute approximate surface area is 114 Å². The summed E-state index contributed by atoms with van der Waals surface area (Å²) >= 11 is 0. The van der Waals surface area contributed by atoms with Crippen LogP contribution in [0, 0.1) is 23.7 Å². The predicted octanol–water partition coefficient (Wildman–Crippen LogP) is 2.72. The summed E-state index contributed by atoms with van der Waals surface area (Å²) in [5.74, 6) is 5.45. The van der Waals surface area contributed by atoms with Crippen LogP contribution in [-0.4, -0.2) is 22.6 Å². The maximum atomic E-state index is 5.56. The molecule has 0 aromatic carbocycles. The van der Waals surface area contributed by atoms with Crippen LogP contribution in [0.5, 0.6) is 5.88 Å². The fourth-order valence-electron chi connectivity index (χ4n) is 4.39. The number of ether oxygens (including phenoxy) is 1. The van der Waals surface area contributed by atoms with E-state index in [1.54, 1.807) is 6.33 Å². The Bertz CT molecular complexity index is 462. The molecule has 0 radical (unpaired) electrons. The van der Waals surface area contributed by atoms with Gasteiger partial charge in [-0.15, -0.1) is 0 Å². The molecule has 4 unspecified atom stereocenters. The lowest BCUT2D eigenvalue weighted by molar-refractivity contribution is 0.305. The van der Waals surface area contributed by atoms with Crippen molar-refractivity contribution in [1.29, 1.82) is 0 Å². The van der Waals surface area contributed by atoms with Gasteiger partial charge in [0.05, 0.1) is 6.61 Å². The zero-order valence-corrected chi connectivity index (χ0v) is 11.4. The van der Waals surface area contributed by atoms with Crippen LogP contribution in [0.1, 0.15) is 32.6 Å². The van der Waals surface area contributed by atoms with Gasteiger partial charge in [0, 0.05) is 12.1 Å². The van der Waals surface area contributed by atoms with E-state index in [0.29, 0.717) is 11.9 Å². The summed E-state index contributed by atoms with van der Waals surface area (Å²) in [5.41, 5.74) is 0. The Morgan fingerprint density at radius 1 is 1.26 bits per heavy atom. The molecular formula is C15H21N3O. The molecule has 0 saturated heterocycles. The van der Waals surface area contributed by atoms with E-state index in [2.05, 4.69) is 22.2 Å². The highest BCUT2D eigenvalue weighted by Gasteiger charge is 2.65. The largest absolute Gasteiger partial charge is 0.478 e. The van der Waals surface area contributed by atoms with Crippen molar-refractivity contribution < 1.29 is 4.74 Å². The molecule has 4 atom stereocenters. The number of hydrogen-bond acceptors (Lipinski definition) is 4. The summed E-state index contributed by atoms with van der Waals surface area (Å²) in [6.07, 6.45) is 7.00. The average Bonchev–Trinajstić information content (AvgIpc) is 2.84. The van der Waals surface area contributed by atoms with Crippen molar-refractivity contribution in [2.24, 2.45) is 23.7 Å². The first kappa shape index (κ1) is 11.5. The van der Waals surface area contributed by atoms with E-state index in [-0.39, 0.29) is 0 Å². The molecule has 19 heavy (non-hydrogen) atoms. The van der Waals surface area contributed by atoms with Crippen LogP contribution < -0.4 is 10.1 Å². The number of anilines is 1. The fourth-order valence-corrected chi connectivity index (χ4v) is 4.39.